The van der Waals surface area contributed by atoms with Crippen LogP contribution in [0.1, 0.15) is 32.6 Å². The monoisotopic (exact) mass is 294 g/mol. The molecular weight excluding hydrogens is 272 g/mol. The standard InChI is InChI=1S/C15H22N2O4/c1-3-9-21-14-10-12(5-6-13(14)17(18)19)16-11-15(20-2)7-4-8-15/h5-6,10,16H,3-4,7-9,11H2,1-2H3. The molecule has 0 amide bonds. The number of nitrogens with one attached hydrogen (secondary N) is 1. The zero-order valence-corrected chi connectivity index (χ0v) is 12.6. The highest BCUT2D eigenvalue weighted by molar-refractivity contribution is 5.58. The van der Waals surface area contributed by atoms with Gasteiger partial charge < -0.3 is 14.8 Å². The van der Waals surface area contributed by atoms with Crippen molar-refractivity contribution >= 4 is 11.4 Å². The van der Waals surface area contributed by atoms with Gasteiger partial charge in [0.1, 0.15) is 0 Å². The zero-order valence-electron chi connectivity index (χ0n) is 12.6. The third kappa shape index (κ3) is 3.64. The van der Waals surface area contributed by atoms with Crippen molar-refractivity contribution in [3.63, 3.8) is 0 Å². The molecule has 0 bridgehead atoms. The fraction of sp³-hybridized carbons (Fsp3) is 0.600. The Morgan fingerprint density at radius 1 is 1.43 bits per heavy atom. The van der Waals surface area contributed by atoms with Crippen molar-refractivity contribution in [1.82, 2.24) is 0 Å². The minimum absolute atomic E-state index is 0.000834. The van der Waals surface area contributed by atoms with Crippen LogP contribution in [0.2, 0.25) is 0 Å². The van der Waals surface area contributed by atoms with Crippen LogP contribution in [0, 0.1) is 10.1 Å². The molecule has 1 N–H and O–H groups in total. The highest BCUT2D eigenvalue weighted by atomic mass is 16.6. The zero-order chi connectivity index (χ0) is 15.3. The lowest BCUT2D eigenvalue weighted by Crippen LogP contribution is -2.45. The Bertz CT molecular complexity index is 495. The molecule has 1 aromatic rings. The van der Waals surface area contributed by atoms with E-state index in [9.17, 15) is 10.1 Å². The maximum absolute atomic E-state index is 11.0. The molecule has 0 radical (unpaired) electrons. The van der Waals surface area contributed by atoms with E-state index in [4.69, 9.17) is 9.47 Å². The Kier molecular flexibility index (Phi) is 5.01. The molecule has 1 fully saturated rings. The highest BCUT2D eigenvalue weighted by Crippen LogP contribution is 2.36. The minimum atomic E-state index is -0.419. The van der Waals surface area contributed by atoms with E-state index >= 15 is 0 Å². The van der Waals surface area contributed by atoms with Crippen molar-refractivity contribution in [2.45, 2.75) is 38.2 Å². The first kappa shape index (κ1) is 15.6. The van der Waals surface area contributed by atoms with Crippen LogP contribution in [0.3, 0.4) is 0 Å². The molecule has 0 spiro atoms. The van der Waals surface area contributed by atoms with Crippen LogP contribution in [0.4, 0.5) is 11.4 Å². The van der Waals surface area contributed by atoms with Crippen molar-refractivity contribution < 1.29 is 14.4 Å². The van der Waals surface area contributed by atoms with Gasteiger partial charge in [-0.15, -0.1) is 0 Å². The third-order valence-corrected chi connectivity index (χ3v) is 3.93. The Labute approximate surface area is 124 Å². The van der Waals surface area contributed by atoms with E-state index in [0.717, 1.165) is 24.9 Å². The van der Waals surface area contributed by atoms with Gasteiger partial charge in [0, 0.05) is 31.5 Å². The molecule has 2 rings (SSSR count). The molecule has 0 aliphatic heterocycles. The molecule has 1 aromatic carbocycles. The number of hydrogen-bond donors (Lipinski definition) is 1. The number of benzene rings is 1. The Balaban J connectivity index is 2.07. The number of nitro benzene ring substituents is 1. The van der Waals surface area contributed by atoms with Gasteiger partial charge in [0.15, 0.2) is 5.75 Å². The lowest BCUT2D eigenvalue weighted by Gasteiger charge is -2.40. The molecule has 0 aromatic heterocycles. The maximum Gasteiger partial charge on any atom is 0.311 e. The normalized spacial score (nSPS) is 16.1. The molecular formula is C15H22N2O4. The number of nitro groups is 1. The molecule has 1 aliphatic rings. The molecule has 0 atom stereocenters. The second-order valence-corrected chi connectivity index (χ2v) is 5.38. The van der Waals surface area contributed by atoms with Gasteiger partial charge in [0.2, 0.25) is 0 Å². The van der Waals surface area contributed by atoms with Crippen molar-refractivity contribution in [2.24, 2.45) is 0 Å². The summed E-state index contributed by atoms with van der Waals surface area (Å²) in [6.07, 6.45) is 4.08. The number of ether oxygens (including phenoxy) is 2. The van der Waals surface area contributed by atoms with E-state index in [2.05, 4.69) is 5.32 Å². The summed E-state index contributed by atoms with van der Waals surface area (Å²) in [6, 6.07) is 4.88. The van der Waals surface area contributed by atoms with Crippen LogP contribution in [0.15, 0.2) is 18.2 Å². The number of nitrogens with zero attached hydrogens (tertiary/aromatic N) is 1. The summed E-state index contributed by atoms with van der Waals surface area (Å²) in [5.74, 6) is 0.312. The van der Waals surface area contributed by atoms with Gasteiger partial charge in [0.05, 0.1) is 17.1 Å². The van der Waals surface area contributed by atoms with Gasteiger partial charge in [-0.25, -0.2) is 0 Å². The fourth-order valence-electron chi connectivity index (χ4n) is 2.39. The van der Waals surface area contributed by atoms with Crippen molar-refractivity contribution in [3.05, 3.63) is 28.3 Å². The molecule has 1 aliphatic carbocycles. The summed E-state index contributed by atoms with van der Waals surface area (Å²) in [4.78, 5) is 10.6. The third-order valence-electron chi connectivity index (χ3n) is 3.93. The maximum atomic E-state index is 11.0. The summed E-state index contributed by atoms with van der Waals surface area (Å²) in [7, 11) is 1.73. The highest BCUT2D eigenvalue weighted by Gasteiger charge is 2.36. The molecule has 116 valence electrons. The molecule has 6 heteroatoms. The molecule has 0 saturated heterocycles. The summed E-state index contributed by atoms with van der Waals surface area (Å²) in [5.41, 5.74) is 0.723. The first-order valence-electron chi connectivity index (χ1n) is 7.30. The summed E-state index contributed by atoms with van der Waals surface area (Å²) >= 11 is 0. The molecule has 0 heterocycles. The molecule has 6 nitrogen and oxygen atoms in total. The molecule has 21 heavy (non-hydrogen) atoms. The van der Waals surface area contributed by atoms with Crippen LogP contribution in [0.5, 0.6) is 5.75 Å². The fourth-order valence-corrected chi connectivity index (χ4v) is 2.39. The minimum Gasteiger partial charge on any atom is -0.487 e. The lowest BCUT2D eigenvalue weighted by atomic mass is 9.80. The van der Waals surface area contributed by atoms with E-state index in [0.29, 0.717) is 18.9 Å². The van der Waals surface area contributed by atoms with E-state index in [1.54, 1.807) is 19.2 Å². The van der Waals surface area contributed by atoms with Gasteiger partial charge in [-0.1, -0.05) is 6.92 Å². The Hall–Kier alpha value is -1.82. The van der Waals surface area contributed by atoms with E-state index < -0.39 is 4.92 Å². The van der Waals surface area contributed by atoms with Crippen LogP contribution in [-0.2, 0) is 4.74 Å². The predicted octanol–water partition coefficient (Wildman–Crippen LogP) is 3.36. The second-order valence-electron chi connectivity index (χ2n) is 5.38. The average Bonchev–Trinajstić information content (AvgIpc) is 2.44. The topological polar surface area (TPSA) is 73.6 Å². The van der Waals surface area contributed by atoms with Crippen LogP contribution < -0.4 is 10.1 Å². The largest absolute Gasteiger partial charge is 0.487 e. The summed E-state index contributed by atoms with van der Waals surface area (Å²) < 4.78 is 11.0. The van der Waals surface area contributed by atoms with Gasteiger partial charge in [-0.05, 0) is 31.7 Å². The quantitative estimate of drug-likeness (QED) is 0.588. The number of hydrogen-bond acceptors (Lipinski definition) is 5. The number of rotatable bonds is 8. The van der Waals surface area contributed by atoms with Gasteiger partial charge in [-0.3, -0.25) is 10.1 Å². The smallest absolute Gasteiger partial charge is 0.311 e. The van der Waals surface area contributed by atoms with Crippen LogP contribution in [0.25, 0.3) is 0 Å². The second kappa shape index (κ2) is 6.76. The summed E-state index contributed by atoms with van der Waals surface area (Å²) in [5, 5.41) is 14.3. The SMILES string of the molecule is CCCOc1cc(NCC2(OC)CCC2)ccc1[N+](=O)[O-]. The summed E-state index contributed by atoms with van der Waals surface area (Å²) in [6.45, 7) is 3.13. The van der Waals surface area contributed by atoms with E-state index in [-0.39, 0.29) is 11.3 Å². The molecule has 1 saturated carbocycles. The first-order valence-corrected chi connectivity index (χ1v) is 7.30. The Morgan fingerprint density at radius 3 is 2.71 bits per heavy atom. The van der Waals surface area contributed by atoms with Crippen molar-refractivity contribution in [3.8, 4) is 5.75 Å². The average molecular weight is 294 g/mol. The first-order chi connectivity index (χ1) is 10.1. The predicted molar refractivity (Wildman–Crippen MR) is 81.0 cm³/mol. The van der Waals surface area contributed by atoms with Crippen molar-refractivity contribution in [2.75, 3.05) is 25.6 Å². The van der Waals surface area contributed by atoms with Gasteiger partial charge in [-0.2, -0.15) is 0 Å². The number of methoxy groups -OCH3 is 1. The van der Waals surface area contributed by atoms with Crippen LogP contribution >= 0.6 is 0 Å². The van der Waals surface area contributed by atoms with Crippen LogP contribution in [-0.4, -0.2) is 30.8 Å². The van der Waals surface area contributed by atoms with Crippen molar-refractivity contribution in [1.29, 1.82) is 0 Å². The Morgan fingerprint density at radius 2 is 2.19 bits per heavy atom. The molecule has 0 unspecified atom stereocenters. The van der Waals surface area contributed by atoms with Gasteiger partial charge >= 0.3 is 5.69 Å². The lowest BCUT2D eigenvalue weighted by molar-refractivity contribution is -0.385. The number of anilines is 1. The van der Waals surface area contributed by atoms with E-state index in [1.807, 2.05) is 6.92 Å². The van der Waals surface area contributed by atoms with E-state index in [1.165, 1.54) is 12.5 Å². The van der Waals surface area contributed by atoms with Gasteiger partial charge in [0.25, 0.3) is 0 Å².